The van der Waals surface area contributed by atoms with Gasteiger partial charge in [-0.25, -0.2) is 4.99 Å². The maximum Gasteiger partial charge on any atom is 0.352 e. The molecule has 1 aliphatic rings. The number of nitrogens with zero attached hydrogens (tertiary/aromatic N) is 3. The average Bonchev–Trinajstić information content (AvgIpc) is 2.01. The van der Waals surface area contributed by atoms with Crippen molar-refractivity contribution in [1.82, 2.24) is 10.2 Å². The summed E-state index contributed by atoms with van der Waals surface area (Å²) in [6.07, 6.45) is -1.44. The molecule has 2 unspecified atom stereocenters. The number of aliphatic imine (C=N–C) groups is 1. The number of alkyl halides is 2. The van der Waals surface area contributed by atoms with Gasteiger partial charge in [0, 0.05) is 0 Å². The Morgan fingerprint density at radius 2 is 2.31 bits per heavy atom. The molecule has 0 aromatic carbocycles. The lowest BCUT2D eigenvalue weighted by molar-refractivity contribution is -0.322. The molecule has 0 aliphatic carbocycles. The van der Waals surface area contributed by atoms with E-state index in [0.717, 1.165) is 7.11 Å². The van der Waals surface area contributed by atoms with Crippen molar-refractivity contribution in [2.75, 3.05) is 7.11 Å². The topological polar surface area (TPSA) is 54.1 Å². The summed E-state index contributed by atoms with van der Waals surface area (Å²) in [5, 5.41) is -0.882. The molecule has 2 N–H and O–H groups in total. The number of amidine groups is 1. The van der Waals surface area contributed by atoms with E-state index >= 15 is 0 Å². The van der Waals surface area contributed by atoms with E-state index in [1.54, 1.807) is 0 Å². The van der Waals surface area contributed by atoms with E-state index in [1.807, 2.05) is 0 Å². The first-order valence-electron chi connectivity index (χ1n) is 3.06. The van der Waals surface area contributed by atoms with Crippen molar-refractivity contribution in [2.45, 2.75) is 11.7 Å². The van der Waals surface area contributed by atoms with Gasteiger partial charge in [-0.15, -0.1) is 9.54 Å². The van der Waals surface area contributed by atoms with E-state index in [-0.39, 0.29) is 5.06 Å². The summed E-state index contributed by atoms with van der Waals surface area (Å²) in [4.78, 5) is 6.98. The van der Waals surface area contributed by atoms with Gasteiger partial charge in [-0.2, -0.15) is 8.78 Å². The lowest BCUT2D eigenvalue weighted by Crippen LogP contribution is -2.66. The van der Waals surface area contributed by atoms with Crippen molar-refractivity contribution in [3.63, 3.8) is 0 Å². The van der Waals surface area contributed by atoms with Gasteiger partial charge in [-0.05, 0) is 5.12 Å². The van der Waals surface area contributed by atoms with Crippen LogP contribution >= 0.6 is 11.6 Å². The Morgan fingerprint density at radius 3 is 2.77 bits per heavy atom. The highest BCUT2D eigenvalue weighted by Gasteiger charge is 2.50. The molecular weight excluding hydrogens is 213 g/mol. The Morgan fingerprint density at radius 1 is 1.77 bits per heavy atom. The molecule has 0 amide bonds. The van der Waals surface area contributed by atoms with Crippen LogP contribution in [0.5, 0.6) is 0 Å². The van der Waals surface area contributed by atoms with Crippen LogP contribution in [0.1, 0.15) is 0 Å². The quantitative estimate of drug-likeness (QED) is 0.394. The SMILES string of the molecule is CON1C(F)=NC(Cl)N(F)C1(N)F. The minimum Gasteiger partial charge on any atom is -0.268 e. The van der Waals surface area contributed by atoms with Gasteiger partial charge >= 0.3 is 12.1 Å². The summed E-state index contributed by atoms with van der Waals surface area (Å²) in [6.45, 7) is 0. The van der Waals surface area contributed by atoms with Gasteiger partial charge in [0.1, 0.15) is 0 Å². The van der Waals surface area contributed by atoms with Gasteiger partial charge in [0.15, 0.2) is 0 Å². The van der Waals surface area contributed by atoms with Crippen molar-refractivity contribution in [1.29, 1.82) is 0 Å². The molecule has 0 radical (unpaired) electrons. The Bertz CT molecular complexity index is 237. The summed E-state index contributed by atoms with van der Waals surface area (Å²) < 4.78 is 38.6. The van der Waals surface area contributed by atoms with E-state index in [2.05, 4.69) is 9.83 Å². The van der Waals surface area contributed by atoms with E-state index < -0.39 is 22.9 Å². The molecule has 0 bridgehead atoms. The fraction of sp³-hybridized carbons (Fsp3) is 0.750. The van der Waals surface area contributed by atoms with Gasteiger partial charge in [0.25, 0.3) is 0 Å². The van der Waals surface area contributed by atoms with Crippen LogP contribution in [0.25, 0.3) is 0 Å². The molecule has 1 aliphatic heterocycles. The first-order chi connectivity index (χ1) is 5.91. The molecule has 76 valence electrons. The average molecular weight is 219 g/mol. The van der Waals surface area contributed by atoms with Crippen LogP contribution in [0, 0.1) is 0 Å². The van der Waals surface area contributed by atoms with Gasteiger partial charge in [0.2, 0.25) is 5.62 Å². The summed E-state index contributed by atoms with van der Waals surface area (Å²) >= 11 is 5.09. The summed E-state index contributed by atoms with van der Waals surface area (Å²) in [5.41, 5.74) is 2.88. The van der Waals surface area contributed by atoms with Gasteiger partial charge < -0.3 is 0 Å². The molecule has 5 nitrogen and oxygen atoms in total. The van der Waals surface area contributed by atoms with Crippen LogP contribution in [0.15, 0.2) is 4.99 Å². The predicted octanol–water partition coefficient (Wildman–Crippen LogP) is 0.437. The summed E-state index contributed by atoms with van der Waals surface area (Å²) in [7, 11) is 0.901. The fourth-order valence-electron chi connectivity index (χ4n) is 0.760. The standard InChI is InChI=1S/C4H6ClF3N4O/c1-13-12-3(6)10-2(5)11(8)4(12,7)9/h2H,9H2,1H3. The molecule has 1 heterocycles. The highest BCUT2D eigenvalue weighted by molar-refractivity contribution is 6.20. The second kappa shape index (κ2) is 3.29. The molecule has 0 aromatic rings. The lowest BCUT2D eigenvalue weighted by Gasteiger charge is -2.38. The smallest absolute Gasteiger partial charge is 0.268 e. The third-order valence-corrected chi connectivity index (χ3v) is 1.60. The maximum atomic E-state index is 13.2. The monoisotopic (exact) mass is 218 g/mol. The molecular formula is C4H6ClF3N4O. The largest absolute Gasteiger partial charge is 0.352 e. The van der Waals surface area contributed by atoms with E-state index in [4.69, 9.17) is 17.3 Å². The molecule has 0 aromatic heterocycles. The number of hydrogen-bond acceptors (Lipinski definition) is 5. The van der Waals surface area contributed by atoms with Crippen molar-refractivity contribution >= 4 is 17.7 Å². The van der Waals surface area contributed by atoms with Crippen LogP contribution < -0.4 is 5.73 Å². The molecule has 0 saturated carbocycles. The molecule has 0 spiro atoms. The Hall–Kier alpha value is -0.570. The normalized spacial score (nSPS) is 36.3. The third kappa shape index (κ3) is 1.57. The van der Waals surface area contributed by atoms with Crippen LogP contribution in [0.4, 0.5) is 13.3 Å². The van der Waals surface area contributed by atoms with Crippen LogP contribution in [-0.4, -0.2) is 35.0 Å². The second-order valence-electron chi connectivity index (χ2n) is 2.13. The van der Waals surface area contributed by atoms with Crippen LogP contribution in [0.2, 0.25) is 0 Å². The Labute approximate surface area is 76.4 Å². The number of rotatable bonds is 1. The van der Waals surface area contributed by atoms with E-state index in [1.165, 1.54) is 0 Å². The Kier molecular flexibility index (Phi) is 2.66. The highest BCUT2D eigenvalue weighted by Crippen LogP contribution is 2.28. The predicted molar refractivity (Wildman–Crippen MR) is 38.0 cm³/mol. The number of nitrogens with two attached hydrogens (primary N) is 1. The van der Waals surface area contributed by atoms with Gasteiger partial charge in [-0.3, -0.25) is 10.6 Å². The summed E-state index contributed by atoms with van der Waals surface area (Å²) in [5.74, 6) is 0. The first kappa shape index (κ1) is 10.5. The molecule has 0 saturated heterocycles. The molecule has 13 heavy (non-hydrogen) atoms. The highest BCUT2D eigenvalue weighted by atomic mass is 35.5. The number of hydrogen-bond donors (Lipinski definition) is 1. The van der Waals surface area contributed by atoms with Crippen molar-refractivity contribution in [3.05, 3.63) is 0 Å². The Balaban J connectivity index is 3.02. The fourth-order valence-corrected chi connectivity index (χ4v) is 0.977. The van der Waals surface area contributed by atoms with Crippen LogP contribution in [-0.2, 0) is 4.84 Å². The van der Waals surface area contributed by atoms with E-state index in [9.17, 15) is 13.3 Å². The molecule has 2 atom stereocenters. The minimum absolute atomic E-state index is 0.189. The first-order valence-corrected chi connectivity index (χ1v) is 3.49. The minimum atomic E-state index is -3.31. The van der Waals surface area contributed by atoms with Crippen molar-refractivity contribution in [3.8, 4) is 0 Å². The summed E-state index contributed by atoms with van der Waals surface area (Å²) in [6, 6.07) is -3.31. The van der Waals surface area contributed by atoms with Gasteiger partial charge in [0.05, 0.1) is 7.11 Å². The van der Waals surface area contributed by atoms with Crippen molar-refractivity contribution < 1.29 is 18.1 Å². The van der Waals surface area contributed by atoms with Gasteiger partial charge in [-0.1, -0.05) is 11.6 Å². The van der Waals surface area contributed by atoms with Crippen LogP contribution in [0.3, 0.4) is 0 Å². The second-order valence-corrected chi connectivity index (χ2v) is 2.52. The number of hydroxylamine groups is 2. The lowest BCUT2D eigenvalue weighted by atomic mass is 10.6. The van der Waals surface area contributed by atoms with E-state index in [0.29, 0.717) is 0 Å². The third-order valence-electron chi connectivity index (χ3n) is 1.33. The molecule has 9 heteroatoms. The number of halogens is 4. The maximum absolute atomic E-state index is 13.2. The zero-order valence-electron chi connectivity index (χ0n) is 6.42. The van der Waals surface area contributed by atoms with Crippen molar-refractivity contribution in [2.24, 2.45) is 10.7 Å². The zero-order chi connectivity index (χ0) is 10.2. The zero-order valence-corrected chi connectivity index (χ0v) is 7.17. The molecule has 1 rings (SSSR count). The molecule has 0 fully saturated rings.